The number of ether oxygens (including phenoxy) is 2. The zero-order valence-electron chi connectivity index (χ0n) is 20.2. The Bertz CT molecular complexity index is 1430. The van der Waals surface area contributed by atoms with Crippen molar-refractivity contribution in [3.63, 3.8) is 0 Å². The number of rotatable bonds is 9. The van der Waals surface area contributed by atoms with Crippen molar-refractivity contribution in [1.82, 2.24) is 9.97 Å². The van der Waals surface area contributed by atoms with E-state index in [9.17, 15) is 0 Å². The van der Waals surface area contributed by atoms with E-state index in [0.29, 0.717) is 23.9 Å². The molecule has 1 N–H and O–H groups in total. The lowest BCUT2D eigenvalue weighted by Crippen LogP contribution is -2.01. The van der Waals surface area contributed by atoms with Crippen LogP contribution in [0.3, 0.4) is 0 Å². The number of hydrogen-bond acceptors (Lipinski definition) is 8. The molecule has 8 nitrogen and oxygen atoms in total. The van der Waals surface area contributed by atoms with Crippen LogP contribution in [0.1, 0.15) is 17.7 Å². The molecule has 0 unspecified atom stereocenters. The summed E-state index contributed by atoms with van der Waals surface area (Å²) in [6, 6.07) is 23.6. The fourth-order valence-electron chi connectivity index (χ4n) is 3.88. The van der Waals surface area contributed by atoms with Crippen molar-refractivity contribution in [3.8, 4) is 28.5 Å². The topological polar surface area (TPSA) is 93.3 Å². The van der Waals surface area contributed by atoms with Crippen LogP contribution in [0, 0.1) is 6.92 Å². The van der Waals surface area contributed by atoms with Crippen molar-refractivity contribution >= 4 is 17.2 Å². The van der Waals surface area contributed by atoms with Gasteiger partial charge < -0.3 is 14.8 Å². The number of methoxy groups -OCH3 is 1. The van der Waals surface area contributed by atoms with Gasteiger partial charge in [0.1, 0.15) is 29.6 Å². The van der Waals surface area contributed by atoms with Crippen molar-refractivity contribution in [3.05, 3.63) is 90.3 Å². The van der Waals surface area contributed by atoms with Gasteiger partial charge in [-0.3, -0.25) is 0 Å². The van der Waals surface area contributed by atoms with E-state index in [4.69, 9.17) is 14.5 Å². The molecule has 5 rings (SSSR count). The normalized spacial score (nSPS) is 12.3. The van der Waals surface area contributed by atoms with E-state index in [0.717, 1.165) is 46.9 Å². The summed E-state index contributed by atoms with van der Waals surface area (Å²) in [5.74, 6) is 2.76. The van der Waals surface area contributed by atoms with E-state index in [-0.39, 0.29) is 0 Å². The summed E-state index contributed by atoms with van der Waals surface area (Å²) < 4.78 is 11.7. The number of nitrogens with zero attached hydrogens (tertiary/aromatic N) is 5. The van der Waals surface area contributed by atoms with E-state index in [1.807, 2.05) is 67.6 Å². The van der Waals surface area contributed by atoms with Crippen LogP contribution in [-0.4, -0.2) is 29.3 Å². The molecule has 3 heterocycles. The highest BCUT2D eigenvalue weighted by Gasteiger charge is 2.12. The molecule has 0 atom stereocenters. The van der Waals surface area contributed by atoms with Crippen molar-refractivity contribution < 1.29 is 9.47 Å². The Morgan fingerprint density at radius 1 is 0.917 bits per heavy atom. The first-order valence-electron chi connectivity index (χ1n) is 11.7. The SMILES string of the molecule is COc1cccc(-c2nc(C)ccc2Oc2ccnc(Nc3cccc(CCC4=NN=NC4)c3)c2)c1. The molecule has 0 amide bonds. The molecular formula is C28H26N6O2. The number of nitrogens with one attached hydrogen (secondary N) is 1. The lowest BCUT2D eigenvalue weighted by Gasteiger charge is -2.13. The molecule has 0 aliphatic carbocycles. The minimum absolute atomic E-state index is 0.602. The Morgan fingerprint density at radius 3 is 2.69 bits per heavy atom. The van der Waals surface area contributed by atoms with Gasteiger partial charge in [-0.25, -0.2) is 9.97 Å². The third kappa shape index (κ3) is 5.72. The summed E-state index contributed by atoms with van der Waals surface area (Å²) in [4.78, 5) is 9.19. The standard InChI is InChI=1S/C28H26N6O2/c1-19-9-12-26(28(31-19)21-6-4-8-24(16-21)35-2)36-25-13-14-29-27(17-25)32-22-7-3-5-20(15-22)10-11-23-18-30-34-33-23/h3-9,12-17H,10-11,18H2,1-2H3,(H,29,32). The molecule has 0 saturated heterocycles. The highest BCUT2D eigenvalue weighted by atomic mass is 16.5. The Balaban J connectivity index is 1.32. The predicted molar refractivity (Wildman–Crippen MR) is 140 cm³/mol. The molecule has 4 aromatic rings. The maximum atomic E-state index is 6.28. The Labute approximate surface area is 209 Å². The minimum atomic E-state index is 0.602. The largest absolute Gasteiger partial charge is 0.497 e. The van der Waals surface area contributed by atoms with Crippen molar-refractivity contribution in [2.45, 2.75) is 19.8 Å². The summed E-state index contributed by atoms with van der Waals surface area (Å²) in [5.41, 5.74) is 5.74. The Kier molecular flexibility index (Phi) is 6.93. The van der Waals surface area contributed by atoms with Gasteiger partial charge in [-0.05, 0) is 73.0 Å². The summed E-state index contributed by atoms with van der Waals surface area (Å²) in [6.45, 7) is 2.56. The van der Waals surface area contributed by atoms with Crippen molar-refractivity contribution in [2.24, 2.45) is 15.4 Å². The summed E-state index contributed by atoms with van der Waals surface area (Å²) >= 11 is 0. The second-order valence-electron chi connectivity index (χ2n) is 8.39. The monoisotopic (exact) mass is 478 g/mol. The molecule has 0 fully saturated rings. The highest BCUT2D eigenvalue weighted by Crippen LogP contribution is 2.34. The Morgan fingerprint density at radius 2 is 1.83 bits per heavy atom. The van der Waals surface area contributed by atoms with Crippen LogP contribution in [0.25, 0.3) is 11.3 Å². The van der Waals surface area contributed by atoms with Crippen LogP contribution in [0.4, 0.5) is 11.5 Å². The maximum absolute atomic E-state index is 6.28. The van der Waals surface area contributed by atoms with Gasteiger partial charge in [-0.1, -0.05) is 24.3 Å². The molecule has 2 aromatic carbocycles. The van der Waals surface area contributed by atoms with Gasteiger partial charge >= 0.3 is 0 Å². The number of aryl methyl sites for hydroxylation is 2. The first-order chi connectivity index (χ1) is 17.7. The van der Waals surface area contributed by atoms with E-state index in [1.165, 1.54) is 5.56 Å². The van der Waals surface area contributed by atoms with Crippen LogP contribution < -0.4 is 14.8 Å². The third-order valence-electron chi connectivity index (χ3n) is 5.70. The van der Waals surface area contributed by atoms with Gasteiger partial charge in [-0.15, -0.1) is 5.10 Å². The lowest BCUT2D eigenvalue weighted by atomic mass is 10.1. The van der Waals surface area contributed by atoms with Crippen LogP contribution in [0.15, 0.2) is 94.4 Å². The van der Waals surface area contributed by atoms with E-state index in [1.54, 1.807) is 13.3 Å². The molecule has 1 aliphatic rings. The van der Waals surface area contributed by atoms with Crippen molar-refractivity contribution in [1.29, 1.82) is 0 Å². The predicted octanol–water partition coefficient (Wildman–Crippen LogP) is 6.75. The zero-order valence-corrected chi connectivity index (χ0v) is 20.2. The molecule has 8 heteroatoms. The first kappa shape index (κ1) is 23.2. The van der Waals surface area contributed by atoms with Crippen LogP contribution in [-0.2, 0) is 6.42 Å². The third-order valence-corrected chi connectivity index (χ3v) is 5.70. The summed E-state index contributed by atoms with van der Waals surface area (Å²) in [5, 5.41) is 15.0. The number of aromatic nitrogens is 2. The van der Waals surface area contributed by atoms with Gasteiger partial charge in [0.25, 0.3) is 0 Å². The van der Waals surface area contributed by atoms with E-state index >= 15 is 0 Å². The molecule has 2 aromatic heterocycles. The van der Waals surface area contributed by atoms with E-state index < -0.39 is 0 Å². The summed E-state index contributed by atoms with van der Waals surface area (Å²) in [7, 11) is 1.65. The Hall–Kier alpha value is -4.59. The summed E-state index contributed by atoms with van der Waals surface area (Å²) in [6.07, 6.45) is 3.45. The van der Waals surface area contributed by atoms with Crippen LogP contribution in [0.5, 0.6) is 17.2 Å². The number of hydrogen-bond donors (Lipinski definition) is 1. The number of pyridine rings is 2. The van der Waals surface area contributed by atoms with Crippen LogP contribution >= 0.6 is 0 Å². The number of anilines is 2. The quantitative estimate of drug-likeness (QED) is 0.287. The second-order valence-corrected chi connectivity index (χ2v) is 8.39. The minimum Gasteiger partial charge on any atom is -0.497 e. The lowest BCUT2D eigenvalue weighted by molar-refractivity contribution is 0.415. The van der Waals surface area contributed by atoms with Crippen molar-refractivity contribution in [2.75, 3.05) is 19.0 Å². The molecular weight excluding hydrogens is 452 g/mol. The smallest absolute Gasteiger partial charge is 0.153 e. The molecule has 180 valence electrons. The molecule has 0 radical (unpaired) electrons. The average molecular weight is 479 g/mol. The average Bonchev–Trinajstić information content (AvgIpc) is 3.43. The van der Waals surface area contributed by atoms with Gasteiger partial charge in [0.05, 0.1) is 12.8 Å². The van der Waals surface area contributed by atoms with Crippen LogP contribution in [0.2, 0.25) is 0 Å². The number of benzene rings is 2. The fourth-order valence-corrected chi connectivity index (χ4v) is 3.88. The molecule has 0 bridgehead atoms. The molecule has 1 aliphatic heterocycles. The van der Waals surface area contributed by atoms with Gasteiger partial charge in [0.15, 0.2) is 5.75 Å². The van der Waals surface area contributed by atoms with Gasteiger partial charge in [-0.2, -0.15) is 5.11 Å². The molecule has 0 saturated carbocycles. The first-order valence-corrected chi connectivity index (χ1v) is 11.7. The second kappa shape index (κ2) is 10.8. The maximum Gasteiger partial charge on any atom is 0.153 e. The highest BCUT2D eigenvalue weighted by molar-refractivity contribution is 5.87. The van der Waals surface area contributed by atoms with E-state index in [2.05, 4.69) is 37.9 Å². The van der Waals surface area contributed by atoms with Gasteiger partial charge in [0, 0.05) is 29.2 Å². The molecule has 36 heavy (non-hydrogen) atoms. The molecule has 0 spiro atoms. The van der Waals surface area contributed by atoms with Gasteiger partial charge in [0.2, 0.25) is 0 Å². The fraction of sp³-hybridized carbons (Fsp3) is 0.179. The zero-order chi connectivity index (χ0) is 24.7.